The van der Waals surface area contributed by atoms with E-state index in [0.29, 0.717) is 0 Å². The molecule has 0 nitrogen and oxygen atoms in total. The molecule has 0 heterocycles. The van der Waals surface area contributed by atoms with E-state index < -0.39 is 0 Å². The maximum atomic E-state index is 2.20. The predicted molar refractivity (Wildman–Crippen MR) is 379 cm³/mol. The minimum absolute atomic E-state index is 0. The molecule has 0 saturated carbocycles. The van der Waals surface area contributed by atoms with Gasteiger partial charge in [0.1, 0.15) is 0 Å². The molecule has 426 valence electrons. The van der Waals surface area contributed by atoms with Crippen LogP contribution >= 0.6 is 0 Å². The van der Waals surface area contributed by atoms with Crippen molar-refractivity contribution in [3.05, 3.63) is 385 Å². The molecule has 0 bridgehead atoms. The number of hydrogen-bond donors (Lipinski definition) is 0. The zero-order valence-electron chi connectivity index (χ0n) is 50.4. The quantitative estimate of drug-likeness (QED) is 0.165. The zero-order chi connectivity index (χ0) is 59.4. The Labute approximate surface area is 514 Å². The number of benzene rings is 14. The highest BCUT2D eigenvalue weighted by Crippen LogP contribution is 2.29. The summed E-state index contributed by atoms with van der Waals surface area (Å²) in [5.74, 6) is 0. The molecular formula is C86H82. The van der Waals surface area contributed by atoms with Crippen LogP contribution in [0.1, 0.15) is 46.4 Å². The first-order chi connectivity index (χ1) is 41.6. The van der Waals surface area contributed by atoms with Crippen LogP contribution in [0.5, 0.6) is 0 Å². The molecule has 0 N–H and O–H groups in total. The van der Waals surface area contributed by atoms with Crippen molar-refractivity contribution >= 4 is 32.3 Å². The maximum Gasteiger partial charge on any atom is -0.0105 e. The molecule has 0 amide bonds. The molecule has 0 heteroatoms. The van der Waals surface area contributed by atoms with E-state index in [1.165, 1.54) is 116 Å². The third kappa shape index (κ3) is 19.8. The molecule has 0 saturated heterocycles. The Balaban J connectivity index is 0.000000145. The summed E-state index contributed by atoms with van der Waals surface area (Å²) in [5, 5.41) is 7.94. The van der Waals surface area contributed by atoms with Gasteiger partial charge in [0.05, 0.1) is 0 Å². The lowest BCUT2D eigenvalue weighted by Gasteiger charge is -2.07. The summed E-state index contributed by atoms with van der Waals surface area (Å²) in [6.07, 6.45) is 0. The van der Waals surface area contributed by atoms with E-state index in [0.717, 1.165) is 0 Å². The number of fused-ring (bicyclic) bond motifs is 3. The third-order valence-electron chi connectivity index (χ3n) is 14.5. The minimum Gasteiger partial charge on any atom is -0.0776 e. The third-order valence-corrected chi connectivity index (χ3v) is 14.5. The minimum atomic E-state index is 0. The van der Waals surface area contributed by atoms with Crippen LogP contribution < -0.4 is 0 Å². The molecule has 0 spiro atoms. The van der Waals surface area contributed by atoms with Gasteiger partial charge < -0.3 is 0 Å². The molecule has 0 aliphatic carbocycles. The Morgan fingerprint density at radius 2 is 0.488 bits per heavy atom. The second-order valence-corrected chi connectivity index (χ2v) is 21.3. The fourth-order valence-electron chi connectivity index (χ4n) is 9.79. The number of aryl methyl sites for hydroxylation is 7. The lowest BCUT2D eigenvalue weighted by atomic mass is 9.98. The first kappa shape index (κ1) is 63.4. The fourth-order valence-corrected chi connectivity index (χ4v) is 9.79. The van der Waals surface area contributed by atoms with Crippen LogP contribution in [-0.2, 0) is 0 Å². The van der Waals surface area contributed by atoms with Crippen molar-refractivity contribution in [2.24, 2.45) is 0 Å². The average Bonchev–Trinajstić information content (AvgIpc) is 2.57. The Morgan fingerprint density at radius 1 is 0.163 bits per heavy atom. The van der Waals surface area contributed by atoms with Crippen molar-refractivity contribution in [3.63, 3.8) is 0 Å². The van der Waals surface area contributed by atoms with Crippen molar-refractivity contribution in [2.45, 2.75) is 55.9 Å². The summed E-state index contributed by atoms with van der Waals surface area (Å²) in [5.41, 5.74) is 19.6. The van der Waals surface area contributed by atoms with E-state index in [1.807, 2.05) is 36.4 Å². The molecule has 0 atom stereocenters. The molecule has 0 aliphatic heterocycles. The maximum absolute atomic E-state index is 2.20. The summed E-state index contributed by atoms with van der Waals surface area (Å²) in [4.78, 5) is 0. The van der Waals surface area contributed by atoms with Crippen LogP contribution in [-0.4, -0.2) is 0 Å². The molecule has 14 aromatic rings. The molecule has 0 aromatic heterocycles. The van der Waals surface area contributed by atoms with Crippen molar-refractivity contribution in [1.29, 1.82) is 0 Å². The monoisotopic (exact) mass is 1110 g/mol. The zero-order valence-corrected chi connectivity index (χ0v) is 50.4. The van der Waals surface area contributed by atoms with Crippen LogP contribution in [0.15, 0.2) is 346 Å². The van der Waals surface area contributed by atoms with Gasteiger partial charge in [-0.25, -0.2) is 0 Å². The highest BCUT2D eigenvalue weighted by Gasteiger charge is 2.03. The molecular weight excluding hydrogens is 1030 g/mol. The van der Waals surface area contributed by atoms with E-state index in [4.69, 9.17) is 0 Å². The van der Waals surface area contributed by atoms with Gasteiger partial charge in [0.25, 0.3) is 0 Å². The van der Waals surface area contributed by atoms with Gasteiger partial charge in [-0.05, 0) is 136 Å². The van der Waals surface area contributed by atoms with Crippen molar-refractivity contribution in [2.75, 3.05) is 0 Å². The Morgan fingerprint density at radius 3 is 1.03 bits per heavy atom. The van der Waals surface area contributed by atoms with Crippen molar-refractivity contribution in [1.82, 2.24) is 0 Å². The first-order valence-corrected chi connectivity index (χ1v) is 29.4. The van der Waals surface area contributed by atoms with Crippen LogP contribution in [0.2, 0.25) is 0 Å². The van der Waals surface area contributed by atoms with Crippen molar-refractivity contribution in [3.8, 4) is 44.5 Å². The second kappa shape index (κ2) is 33.8. The molecule has 0 fully saturated rings. The molecule has 0 radical (unpaired) electrons. The van der Waals surface area contributed by atoms with Gasteiger partial charge in [-0.15, -0.1) is 0 Å². The summed E-state index contributed by atoms with van der Waals surface area (Å²) in [6.45, 7) is 14.8. The van der Waals surface area contributed by atoms with Gasteiger partial charge in [0, 0.05) is 0 Å². The number of rotatable bonds is 4. The Hall–Kier alpha value is -10.1. The molecule has 0 aliphatic rings. The van der Waals surface area contributed by atoms with E-state index in [1.54, 1.807) is 0 Å². The van der Waals surface area contributed by atoms with E-state index >= 15 is 0 Å². The summed E-state index contributed by atoms with van der Waals surface area (Å²) in [6, 6.07) is 121. The van der Waals surface area contributed by atoms with Gasteiger partial charge in [-0.3, -0.25) is 0 Å². The van der Waals surface area contributed by atoms with Gasteiger partial charge in [0.2, 0.25) is 0 Å². The van der Waals surface area contributed by atoms with Gasteiger partial charge in [-0.2, -0.15) is 0 Å². The highest BCUT2D eigenvalue weighted by molar-refractivity contribution is 5.96. The summed E-state index contributed by atoms with van der Waals surface area (Å²) in [7, 11) is 0. The van der Waals surface area contributed by atoms with Gasteiger partial charge in [0.15, 0.2) is 0 Å². The van der Waals surface area contributed by atoms with Crippen molar-refractivity contribution < 1.29 is 0 Å². The average molecular weight is 1120 g/mol. The number of hydrogen-bond acceptors (Lipinski definition) is 0. The largest absolute Gasteiger partial charge is 0.0776 e. The van der Waals surface area contributed by atoms with Crippen LogP contribution in [0.25, 0.3) is 76.8 Å². The lowest BCUT2D eigenvalue weighted by Crippen LogP contribution is -1.81. The molecule has 14 aromatic carbocycles. The SMILES string of the molecule is C.Cc1ccc(-c2cccc3ccccc23)cc1.Cc1ccc(-c2ccccc2)cc1.Cc1ccc2ccccc2c1.Cc1cccc(-c2ccccc2)c1.Cc1cccc2ccccc12.Cc1ccccc1.Cc1ccccc1-c1ccccc1. The predicted octanol–water partition coefficient (Wildman–Crippen LogP) is 24.7. The van der Waals surface area contributed by atoms with E-state index in [-0.39, 0.29) is 7.43 Å². The Kier molecular flexibility index (Phi) is 25.0. The lowest BCUT2D eigenvalue weighted by molar-refractivity contribution is 1.46. The fraction of sp³-hybridized carbons (Fsp3) is 0.0930. The topological polar surface area (TPSA) is 0 Å². The van der Waals surface area contributed by atoms with Crippen LogP contribution in [0.4, 0.5) is 0 Å². The summed E-state index contributed by atoms with van der Waals surface area (Å²) >= 11 is 0. The standard InChI is InChI=1S/C17H14.3C13H12.2C11H10.C7H8.CH4/c1-13-9-11-15(12-10-13)17-8-4-6-14-5-2-3-7-16(14)17;1-11-7-5-6-10-13(11)12-8-3-2-4-9-12;1-11-6-5-9-13(10-11)12-7-3-2-4-8-12;1-11-7-9-13(10-8-11)12-5-3-2-4-6-12;1-9-5-4-7-10-6-2-3-8-11(9)10;1-9-6-7-10-4-2-3-5-11(10)8-9;1-7-5-3-2-4-6-7;/h2-12H,1H3;3*2-10H,1H3;2*2-8H,1H3;2-6H,1H3;1H4. The first-order valence-electron chi connectivity index (χ1n) is 29.4. The molecule has 0 unspecified atom stereocenters. The molecule has 14 rings (SSSR count). The smallest absolute Gasteiger partial charge is 0.0105 e. The summed E-state index contributed by atoms with van der Waals surface area (Å²) < 4.78 is 0. The van der Waals surface area contributed by atoms with Crippen LogP contribution in [0, 0.1) is 48.5 Å². The van der Waals surface area contributed by atoms with E-state index in [2.05, 4.69) is 358 Å². The second-order valence-electron chi connectivity index (χ2n) is 21.3. The van der Waals surface area contributed by atoms with Crippen LogP contribution in [0.3, 0.4) is 0 Å². The Bertz CT molecular complexity index is 4180. The normalized spacial score (nSPS) is 9.94. The molecule has 86 heavy (non-hydrogen) atoms. The van der Waals surface area contributed by atoms with Gasteiger partial charge in [-0.1, -0.05) is 381 Å². The van der Waals surface area contributed by atoms with E-state index in [9.17, 15) is 0 Å². The van der Waals surface area contributed by atoms with Gasteiger partial charge >= 0.3 is 0 Å². The highest BCUT2D eigenvalue weighted by atomic mass is 14.1.